The molecule has 4 rings (SSSR count). The van der Waals surface area contributed by atoms with Crippen LogP contribution in [0.15, 0.2) is 66.4 Å². The molecule has 20 nitrogen and oxygen atoms in total. The molecule has 0 saturated heterocycles. The van der Waals surface area contributed by atoms with Crippen LogP contribution in [-0.2, 0) is 13.1 Å². The van der Waals surface area contributed by atoms with Gasteiger partial charge in [0.2, 0.25) is 11.8 Å². The SMILES string of the molecule is [C-]#[N+]c1c(C)c(/N=N/c2cc(C(=O)N(CC(CC)CCCC)CC(CC)CCCC)ccc2C(=O)N(CC(CC)CCCC)CC(CC)CCCC)c(O)n(CCn2c(O)c(/N=N/c3cc(C(=O)N(CC(CC)CCCC)CC(CC)CCCC)ccc3C(=O)N(CC(CC)CCCC)CC(CC)CCCC)c(C)c(C#N)c2=O)c1=O. The molecule has 0 aliphatic rings. The van der Waals surface area contributed by atoms with Crippen molar-refractivity contribution in [3.63, 3.8) is 0 Å². The Kier molecular flexibility index (Phi) is 47.5. The fourth-order valence-corrected chi connectivity index (χ4v) is 16.3. The summed E-state index contributed by atoms with van der Waals surface area (Å²) in [5.74, 6) is -0.458. The number of benzene rings is 2. The highest BCUT2D eigenvalue weighted by Gasteiger charge is 2.32. The highest BCUT2D eigenvalue weighted by molar-refractivity contribution is 6.03. The van der Waals surface area contributed by atoms with E-state index in [1.54, 1.807) is 36.4 Å². The summed E-state index contributed by atoms with van der Waals surface area (Å²) in [5.41, 5.74) is -2.18. The van der Waals surface area contributed by atoms with Gasteiger partial charge in [0, 0.05) is 82.1 Å². The van der Waals surface area contributed by atoms with E-state index in [4.69, 9.17) is 16.8 Å². The van der Waals surface area contributed by atoms with Crippen molar-refractivity contribution in [1.82, 2.24) is 28.7 Å². The highest BCUT2D eigenvalue weighted by Crippen LogP contribution is 2.40. The highest BCUT2D eigenvalue weighted by atomic mass is 16.3. The van der Waals surface area contributed by atoms with E-state index in [1.165, 1.54) is 13.8 Å². The fraction of sp³-hybridized carbons (Fsp3) is 0.708. The molecule has 646 valence electrons. The smallest absolute Gasteiger partial charge is 0.271 e. The van der Waals surface area contributed by atoms with Crippen molar-refractivity contribution in [2.24, 2.45) is 67.8 Å². The first-order valence-electron chi connectivity index (χ1n) is 45.9. The van der Waals surface area contributed by atoms with Crippen molar-refractivity contribution < 1.29 is 29.4 Å². The third-order valence-corrected chi connectivity index (χ3v) is 24.8. The van der Waals surface area contributed by atoms with E-state index in [0.29, 0.717) is 63.5 Å². The van der Waals surface area contributed by atoms with Crippen molar-refractivity contribution in [2.75, 3.05) is 52.4 Å². The number of carbonyl (C=O) groups is 4. The number of carbonyl (C=O) groups excluding carboxylic acids is 4. The molecule has 0 aliphatic carbocycles. The van der Waals surface area contributed by atoms with E-state index in [1.807, 2.05) is 25.7 Å². The number of nitriles is 1. The first-order chi connectivity index (χ1) is 55.9. The summed E-state index contributed by atoms with van der Waals surface area (Å²) in [7, 11) is 0. The minimum absolute atomic E-state index is 0.0175. The molecule has 116 heavy (non-hydrogen) atoms. The van der Waals surface area contributed by atoms with Crippen molar-refractivity contribution in [3.05, 3.63) is 107 Å². The minimum Gasteiger partial charge on any atom is -0.493 e. The van der Waals surface area contributed by atoms with Gasteiger partial charge >= 0.3 is 0 Å². The fourth-order valence-electron chi connectivity index (χ4n) is 16.3. The van der Waals surface area contributed by atoms with Gasteiger partial charge in [-0.1, -0.05) is 265 Å². The van der Waals surface area contributed by atoms with Crippen LogP contribution in [0, 0.1) is 79.1 Å². The molecule has 0 fully saturated rings. The maximum atomic E-state index is 15.7. The molecule has 20 heteroatoms. The third-order valence-electron chi connectivity index (χ3n) is 24.8. The van der Waals surface area contributed by atoms with E-state index in [-0.39, 0.29) is 116 Å². The Balaban J connectivity index is 2.09. The van der Waals surface area contributed by atoms with Gasteiger partial charge in [-0.3, -0.25) is 37.9 Å². The molecule has 0 bridgehead atoms. The van der Waals surface area contributed by atoms with Crippen molar-refractivity contribution in [1.29, 1.82) is 5.26 Å². The first kappa shape index (κ1) is 100. The molecule has 8 unspecified atom stereocenters. The second kappa shape index (κ2) is 54.9. The number of azo groups is 2. The van der Waals surface area contributed by atoms with E-state index < -0.39 is 47.2 Å². The molecule has 0 radical (unpaired) electrons. The predicted molar refractivity (Wildman–Crippen MR) is 476 cm³/mol. The zero-order valence-corrected chi connectivity index (χ0v) is 75.5. The summed E-state index contributed by atoms with van der Waals surface area (Å²) in [5, 5.41) is 54.8. The second-order valence-corrected chi connectivity index (χ2v) is 33.5. The van der Waals surface area contributed by atoms with Crippen molar-refractivity contribution >= 4 is 52.1 Å². The van der Waals surface area contributed by atoms with Crippen LogP contribution in [-0.4, -0.2) is 115 Å². The monoisotopic (exact) mass is 1600 g/mol. The minimum atomic E-state index is -0.941. The summed E-state index contributed by atoms with van der Waals surface area (Å²) in [6.45, 7) is 49.2. The van der Waals surface area contributed by atoms with Crippen LogP contribution < -0.4 is 11.1 Å². The van der Waals surface area contributed by atoms with Crippen LogP contribution in [0.25, 0.3) is 4.85 Å². The summed E-state index contributed by atoms with van der Waals surface area (Å²) in [6.07, 6.45) is 31.3. The van der Waals surface area contributed by atoms with Crippen LogP contribution in [0.1, 0.15) is 374 Å². The molecule has 2 N–H and O–H groups in total. The van der Waals surface area contributed by atoms with Crippen LogP contribution >= 0.6 is 0 Å². The van der Waals surface area contributed by atoms with E-state index in [9.17, 15) is 25.1 Å². The maximum absolute atomic E-state index is 15.7. The number of amides is 4. The maximum Gasteiger partial charge on any atom is 0.271 e. The summed E-state index contributed by atoms with van der Waals surface area (Å²) in [4.78, 5) is 103. The Morgan fingerprint density at radius 1 is 0.397 bits per heavy atom. The number of aromatic nitrogens is 2. The molecule has 4 amide bonds. The molecular formula is C96H154N12O8. The normalized spacial score (nSPS) is 13.8. The van der Waals surface area contributed by atoms with Crippen molar-refractivity contribution in [2.45, 2.75) is 343 Å². The largest absolute Gasteiger partial charge is 0.493 e. The molecule has 0 aliphatic heterocycles. The number of nitrogens with zero attached hydrogens (tertiary/aromatic N) is 12. The number of hydrogen-bond donors (Lipinski definition) is 2. The molecule has 4 aromatic rings. The van der Waals surface area contributed by atoms with E-state index in [2.05, 4.69) is 126 Å². The van der Waals surface area contributed by atoms with Crippen LogP contribution in [0.5, 0.6) is 11.8 Å². The van der Waals surface area contributed by atoms with E-state index >= 15 is 19.2 Å². The number of rotatable bonds is 59. The summed E-state index contributed by atoms with van der Waals surface area (Å²) < 4.78 is 1.72. The number of hydrogen-bond acceptors (Lipinski definition) is 13. The zero-order chi connectivity index (χ0) is 85.8. The van der Waals surface area contributed by atoms with Gasteiger partial charge in [0.15, 0.2) is 5.69 Å². The van der Waals surface area contributed by atoms with E-state index in [0.717, 1.165) is 215 Å². The lowest BCUT2D eigenvalue weighted by atomic mass is 9.94. The lowest BCUT2D eigenvalue weighted by Gasteiger charge is -2.32. The third kappa shape index (κ3) is 30.1. The summed E-state index contributed by atoms with van der Waals surface area (Å²) in [6, 6.07) is 12.0. The lowest BCUT2D eigenvalue weighted by molar-refractivity contribution is 0.0674. The van der Waals surface area contributed by atoms with Crippen LogP contribution in [0.2, 0.25) is 0 Å². The lowest BCUT2D eigenvalue weighted by Crippen LogP contribution is -2.39. The Bertz CT molecular complexity index is 3600. The van der Waals surface area contributed by atoms with Crippen molar-refractivity contribution in [3.8, 4) is 17.8 Å². The van der Waals surface area contributed by atoms with Gasteiger partial charge in [-0.25, -0.2) is 4.85 Å². The van der Waals surface area contributed by atoms with Crippen LogP contribution in [0.3, 0.4) is 0 Å². The van der Waals surface area contributed by atoms with Gasteiger partial charge in [-0.15, -0.1) is 20.5 Å². The molecule has 0 saturated carbocycles. The Labute approximate surface area is 700 Å². The number of unbranched alkanes of at least 4 members (excludes halogenated alkanes) is 8. The molecule has 2 aromatic carbocycles. The van der Waals surface area contributed by atoms with Gasteiger partial charge in [-0.05, 0) is 155 Å². The molecule has 2 aromatic heterocycles. The van der Waals surface area contributed by atoms with Gasteiger partial charge in [0.1, 0.15) is 17.3 Å². The first-order valence-corrected chi connectivity index (χ1v) is 45.9. The number of pyridine rings is 2. The standard InChI is InChI=1S/C96H154N12O8/c1-20-36-44-71(28-9)61-103(62-72(29-10)45-37-21-2)89(109)79-52-54-81(91(111)105(65-75(32-13)48-40-24-5)66-76(33-14)49-41-25-6)84(58-79)99-101-87-69(17)83(60-97)93(113)107(95(87)115)56-57-108-94(114)86(98-19)70(18)88(96(108)116)102-100-85-59-80(90(110)104(63-73(30-11)46-38-22-3)64-74(31-12)47-39-23-4)53-55-82(85)92(112)106(67-77(34-15)50-42-26-7)68-78(35-16)51-43-27-8/h52-55,58-59,71-78,115-116H,20-51,56-57,61-68H2,1-18H3/b101-99+,102-100+. The Morgan fingerprint density at radius 3 is 0.888 bits per heavy atom. The van der Waals surface area contributed by atoms with Gasteiger partial charge in [-0.2, -0.15) is 5.26 Å². The van der Waals surface area contributed by atoms with Gasteiger partial charge in [0.25, 0.3) is 40.4 Å². The molecule has 8 atom stereocenters. The average molecular weight is 1600 g/mol. The van der Waals surface area contributed by atoms with Crippen LogP contribution in [0.4, 0.5) is 28.4 Å². The van der Waals surface area contributed by atoms with Gasteiger partial charge < -0.3 is 29.8 Å². The molecule has 0 spiro atoms. The second-order valence-electron chi connectivity index (χ2n) is 33.5. The Hall–Kier alpha value is -8.00. The number of aromatic hydroxyl groups is 2. The summed E-state index contributed by atoms with van der Waals surface area (Å²) >= 11 is 0. The Morgan fingerprint density at radius 2 is 0.647 bits per heavy atom. The predicted octanol–water partition coefficient (Wildman–Crippen LogP) is 25.5. The topological polar surface area (TPSA) is 243 Å². The molecular weight excluding hydrogens is 1450 g/mol. The van der Waals surface area contributed by atoms with Gasteiger partial charge in [0.05, 0.1) is 29.1 Å². The average Bonchev–Trinajstić information content (AvgIpc) is 0.774. The quantitative estimate of drug-likeness (QED) is 0.0315. The molecule has 2 heterocycles. The zero-order valence-electron chi connectivity index (χ0n) is 75.5.